The molecule has 88 valence electrons. The Morgan fingerprint density at radius 1 is 1.41 bits per heavy atom. The lowest BCUT2D eigenvalue weighted by Gasteiger charge is -2.06. The van der Waals surface area contributed by atoms with Crippen LogP contribution in [-0.4, -0.2) is 5.91 Å². The first-order chi connectivity index (χ1) is 8.16. The van der Waals surface area contributed by atoms with Gasteiger partial charge in [0.05, 0.1) is 18.1 Å². The summed E-state index contributed by atoms with van der Waals surface area (Å²) in [6.45, 7) is 0.390. The van der Waals surface area contributed by atoms with Crippen LogP contribution in [0.5, 0.6) is 0 Å². The van der Waals surface area contributed by atoms with Gasteiger partial charge in [-0.3, -0.25) is 4.79 Å². The smallest absolute Gasteiger partial charge is 0.253 e. The minimum Gasteiger partial charge on any atom is -0.472 e. The van der Waals surface area contributed by atoms with Gasteiger partial charge in [0.25, 0.3) is 5.91 Å². The lowest BCUT2D eigenvalue weighted by Crippen LogP contribution is -2.23. The van der Waals surface area contributed by atoms with Crippen molar-refractivity contribution in [2.75, 3.05) is 5.73 Å². The maximum Gasteiger partial charge on any atom is 0.253 e. The minimum atomic E-state index is -0.258. The second-order valence-electron chi connectivity index (χ2n) is 3.55. The molecule has 0 spiro atoms. The number of nitrogens with one attached hydrogen (secondary N) is 1. The van der Waals surface area contributed by atoms with E-state index in [-0.39, 0.29) is 5.91 Å². The molecule has 1 aromatic carbocycles. The molecule has 0 fully saturated rings. The number of nitrogens with two attached hydrogens (primary N) is 1. The average Bonchev–Trinajstić information content (AvgIpc) is 2.82. The van der Waals surface area contributed by atoms with E-state index >= 15 is 0 Å². The standard InChI is InChI=1S/C12H11ClN2O2/c13-9-1-2-11(14)10(5-9)12(16)15-6-8-3-4-17-7-8/h1-5,7H,6,14H2,(H,15,16). The van der Waals surface area contributed by atoms with Crippen molar-refractivity contribution in [3.05, 3.63) is 52.9 Å². The highest BCUT2D eigenvalue weighted by Gasteiger charge is 2.10. The molecule has 0 aliphatic heterocycles. The molecule has 0 aliphatic carbocycles. The van der Waals surface area contributed by atoms with Gasteiger partial charge in [-0.25, -0.2) is 0 Å². The molecule has 2 rings (SSSR count). The van der Waals surface area contributed by atoms with Crippen molar-refractivity contribution in [1.82, 2.24) is 5.32 Å². The Morgan fingerprint density at radius 2 is 2.24 bits per heavy atom. The van der Waals surface area contributed by atoms with Crippen LogP contribution in [0.15, 0.2) is 41.2 Å². The second-order valence-corrected chi connectivity index (χ2v) is 3.98. The monoisotopic (exact) mass is 250 g/mol. The number of hydrogen-bond donors (Lipinski definition) is 2. The molecule has 0 bridgehead atoms. The third-order valence-corrected chi connectivity index (χ3v) is 2.53. The number of furan rings is 1. The summed E-state index contributed by atoms with van der Waals surface area (Å²) in [6, 6.07) is 6.57. The third-order valence-electron chi connectivity index (χ3n) is 2.29. The van der Waals surface area contributed by atoms with Gasteiger partial charge in [-0.15, -0.1) is 0 Å². The van der Waals surface area contributed by atoms with Gasteiger partial charge in [0.1, 0.15) is 0 Å². The Balaban J connectivity index is 2.07. The predicted octanol–water partition coefficient (Wildman–Crippen LogP) is 2.45. The maximum absolute atomic E-state index is 11.8. The Kier molecular flexibility index (Phi) is 3.35. The van der Waals surface area contributed by atoms with Gasteiger partial charge in [-0.2, -0.15) is 0 Å². The van der Waals surface area contributed by atoms with E-state index < -0.39 is 0 Å². The van der Waals surface area contributed by atoms with E-state index in [0.29, 0.717) is 22.8 Å². The van der Waals surface area contributed by atoms with Gasteiger partial charge in [-0.05, 0) is 24.3 Å². The minimum absolute atomic E-state index is 0.258. The zero-order chi connectivity index (χ0) is 12.3. The van der Waals surface area contributed by atoms with Crippen LogP contribution in [0, 0.1) is 0 Å². The number of nitrogen functional groups attached to an aromatic ring is 1. The van der Waals surface area contributed by atoms with Crippen LogP contribution in [0.1, 0.15) is 15.9 Å². The van der Waals surface area contributed by atoms with Gasteiger partial charge in [0.15, 0.2) is 0 Å². The lowest BCUT2D eigenvalue weighted by atomic mass is 10.1. The summed E-state index contributed by atoms with van der Waals surface area (Å²) in [5.41, 5.74) is 7.37. The van der Waals surface area contributed by atoms with E-state index in [1.807, 2.05) is 0 Å². The Hall–Kier alpha value is -1.94. The Labute approximate surface area is 103 Å². The Bertz CT molecular complexity index is 523. The number of halogens is 1. The highest BCUT2D eigenvalue weighted by molar-refractivity contribution is 6.31. The van der Waals surface area contributed by atoms with Crippen molar-refractivity contribution < 1.29 is 9.21 Å². The van der Waals surface area contributed by atoms with E-state index in [0.717, 1.165) is 5.56 Å². The zero-order valence-electron chi connectivity index (χ0n) is 8.94. The molecule has 0 saturated heterocycles. The van der Waals surface area contributed by atoms with Gasteiger partial charge in [0.2, 0.25) is 0 Å². The number of carbonyl (C=O) groups excluding carboxylic acids is 1. The fraction of sp³-hybridized carbons (Fsp3) is 0.0833. The first kappa shape index (κ1) is 11.5. The molecule has 0 atom stereocenters. The van der Waals surface area contributed by atoms with E-state index in [1.54, 1.807) is 36.8 Å². The summed E-state index contributed by atoms with van der Waals surface area (Å²) in [7, 11) is 0. The summed E-state index contributed by atoms with van der Waals surface area (Å²) < 4.78 is 4.90. The molecule has 1 aromatic heterocycles. The van der Waals surface area contributed by atoms with E-state index in [2.05, 4.69) is 5.32 Å². The van der Waals surface area contributed by atoms with Crippen LogP contribution in [0.25, 0.3) is 0 Å². The summed E-state index contributed by atoms with van der Waals surface area (Å²) in [6.07, 6.45) is 3.12. The van der Waals surface area contributed by atoms with Crippen LogP contribution >= 0.6 is 11.6 Å². The zero-order valence-corrected chi connectivity index (χ0v) is 9.70. The van der Waals surface area contributed by atoms with Crippen LogP contribution in [0.4, 0.5) is 5.69 Å². The highest BCUT2D eigenvalue weighted by atomic mass is 35.5. The number of rotatable bonds is 3. The third kappa shape index (κ3) is 2.79. The molecule has 0 radical (unpaired) electrons. The predicted molar refractivity (Wildman–Crippen MR) is 65.7 cm³/mol. The largest absolute Gasteiger partial charge is 0.472 e. The van der Waals surface area contributed by atoms with Gasteiger partial charge in [-0.1, -0.05) is 11.6 Å². The van der Waals surface area contributed by atoms with Crippen LogP contribution in [0.2, 0.25) is 5.02 Å². The van der Waals surface area contributed by atoms with E-state index in [9.17, 15) is 4.79 Å². The van der Waals surface area contributed by atoms with Gasteiger partial charge >= 0.3 is 0 Å². The molecular formula is C12H11ClN2O2. The van der Waals surface area contributed by atoms with Crippen molar-refractivity contribution in [3.63, 3.8) is 0 Å². The van der Waals surface area contributed by atoms with E-state index in [4.69, 9.17) is 21.8 Å². The van der Waals surface area contributed by atoms with Crippen LogP contribution in [-0.2, 0) is 6.54 Å². The summed E-state index contributed by atoms with van der Waals surface area (Å²) in [4.78, 5) is 11.8. The van der Waals surface area contributed by atoms with Crippen molar-refractivity contribution >= 4 is 23.2 Å². The maximum atomic E-state index is 11.8. The molecule has 1 heterocycles. The fourth-order valence-corrected chi connectivity index (χ4v) is 1.57. The SMILES string of the molecule is Nc1ccc(Cl)cc1C(=O)NCc1ccoc1. The summed E-state index contributed by atoms with van der Waals surface area (Å²) in [5.74, 6) is -0.258. The number of benzene rings is 1. The summed E-state index contributed by atoms with van der Waals surface area (Å²) >= 11 is 5.81. The van der Waals surface area contributed by atoms with Gasteiger partial charge < -0.3 is 15.5 Å². The summed E-state index contributed by atoms with van der Waals surface area (Å²) in [5, 5.41) is 3.21. The highest BCUT2D eigenvalue weighted by Crippen LogP contribution is 2.17. The van der Waals surface area contributed by atoms with Crippen LogP contribution in [0.3, 0.4) is 0 Å². The number of amides is 1. The fourth-order valence-electron chi connectivity index (χ4n) is 1.40. The van der Waals surface area contributed by atoms with Gasteiger partial charge in [0, 0.05) is 22.8 Å². The molecule has 5 heteroatoms. The van der Waals surface area contributed by atoms with Crippen molar-refractivity contribution in [2.45, 2.75) is 6.54 Å². The second kappa shape index (κ2) is 4.93. The first-order valence-electron chi connectivity index (χ1n) is 5.01. The molecule has 1 amide bonds. The first-order valence-corrected chi connectivity index (χ1v) is 5.39. The van der Waals surface area contributed by atoms with E-state index in [1.165, 1.54) is 0 Å². The molecule has 0 saturated carbocycles. The topological polar surface area (TPSA) is 68.3 Å². The average molecular weight is 251 g/mol. The van der Waals surface area contributed by atoms with Crippen molar-refractivity contribution in [1.29, 1.82) is 0 Å². The number of carbonyl (C=O) groups is 1. The molecule has 17 heavy (non-hydrogen) atoms. The number of anilines is 1. The van der Waals surface area contributed by atoms with Crippen molar-refractivity contribution in [3.8, 4) is 0 Å². The molecule has 3 N–H and O–H groups in total. The molecule has 0 unspecified atom stereocenters. The molecule has 4 nitrogen and oxygen atoms in total. The molecule has 2 aromatic rings. The molecule has 0 aliphatic rings. The van der Waals surface area contributed by atoms with Crippen molar-refractivity contribution in [2.24, 2.45) is 0 Å². The quantitative estimate of drug-likeness (QED) is 0.822. The lowest BCUT2D eigenvalue weighted by molar-refractivity contribution is 0.0952. The van der Waals surface area contributed by atoms with Crippen LogP contribution < -0.4 is 11.1 Å². The normalized spacial score (nSPS) is 10.2. The number of hydrogen-bond acceptors (Lipinski definition) is 3. The Morgan fingerprint density at radius 3 is 2.94 bits per heavy atom. The molecular weight excluding hydrogens is 240 g/mol.